The molecule has 82 valence electrons. The minimum Gasteiger partial charge on any atom is -0.755 e. The summed E-state index contributed by atoms with van der Waals surface area (Å²) in [6, 6.07) is 4.57. The highest BCUT2D eigenvalue weighted by atomic mass is 35.5. The number of aryl methyl sites for hydroxylation is 1. The van der Waals surface area contributed by atoms with Crippen molar-refractivity contribution in [3.63, 3.8) is 0 Å². The molecule has 0 saturated heterocycles. The summed E-state index contributed by atoms with van der Waals surface area (Å²) in [5.74, 6) is -0.565. The second-order valence-electron chi connectivity index (χ2n) is 2.96. The predicted molar refractivity (Wildman–Crippen MR) is 58.3 cm³/mol. The van der Waals surface area contributed by atoms with E-state index in [0.29, 0.717) is 14.9 Å². The van der Waals surface area contributed by atoms with Crippen molar-refractivity contribution in [3.05, 3.63) is 28.8 Å². The second-order valence-corrected chi connectivity index (χ2v) is 4.17. The Labute approximate surface area is 95.3 Å². The lowest BCUT2D eigenvalue weighted by Gasteiger charge is -2.23. The Balaban J connectivity index is 3.18. The number of halogens is 1. The van der Waals surface area contributed by atoms with E-state index in [0.717, 1.165) is 0 Å². The highest BCUT2D eigenvalue weighted by Crippen LogP contribution is 2.23. The van der Waals surface area contributed by atoms with Crippen LogP contribution in [0.15, 0.2) is 18.2 Å². The van der Waals surface area contributed by atoms with Gasteiger partial charge in [0.05, 0.1) is 17.0 Å². The van der Waals surface area contributed by atoms with Gasteiger partial charge in [0.1, 0.15) is 0 Å². The SMILES string of the molecule is CC(=O)N(c1ccc(Cl)c(C)c1)S(=O)[O-]. The molecule has 1 atom stereocenters. The number of carbonyl (C=O) groups is 1. The zero-order chi connectivity index (χ0) is 11.6. The molecule has 6 heteroatoms. The summed E-state index contributed by atoms with van der Waals surface area (Å²) in [5.41, 5.74) is 1.00. The summed E-state index contributed by atoms with van der Waals surface area (Å²) in [7, 11) is 0. The van der Waals surface area contributed by atoms with E-state index in [4.69, 9.17) is 11.6 Å². The summed E-state index contributed by atoms with van der Waals surface area (Å²) in [6.45, 7) is 2.91. The molecule has 0 saturated carbocycles. The fourth-order valence-electron chi connectivity index (χ4n) is 1.13. The smallest absolute Gasteiger partial charge is 0.234 e. The van der Waals surface area contributed by atoms with Crippen LogP contribution in [-0.2, 0) is 16.1 Å². The molecule has 0 heterocycles. The van der Waals surface area contributed by atoms with Gasteiger partial charge in [-0.15, -0.1) is 0 Å². The Hall–Kier alpha value is -0.910. The largest absolute Gasteiger partial charge is 0.755 e. The van der Waals surface area contributed by atoms with E-state index in [1.54, 1.807) is 19.1 Å². The third-order valence-corrected chi connectivity index (χ3v) is 3.00. The zero-order valence-electron chi connectivity index (χ0n) is 8.19. The van der Waals surface area contributed by atoms with Crippen molar-refractivity contribution in [3.8, 4) is 0 Å². The summed E-state index contributed by atoms with van der Waals surface area (Å²) in [4.78, 5) is 11.1. The molecule has 4 nitrogen and oxygen atoms in total. The Morgan fingerprint density at radius 2 is 2.13 bits per heavy atom. The van der Waals surface area contributed by atoms with Crippen LogP contribution in [-0.4, -0.2) is 14.7 Å². The van der Waals surface area contributed by atoms with E-state index in [-0.39, 0.29) is 5.69 Å². The first-order chi connectivity index (χ1) is 6.93. The fraction of sp³-hybridized carbons (Fsp3) is 0.222. The lowest BCUT2D eigenvalue weighted by molar-refractivity contribution is -0.115. The van der Waals surface area contributed by atoms with Gasteiger partial charge in [0.15, 0.2) is 0 Å². The fourth-order valence-corrected chi connectivity index (χ4v) is 1.74. The number of nitrogens with zero attached hydrogens (tertiary/aromatic N) is 1. The van der Waals surface area contributed by atoms with Gasteiger partial charge in [0.25, 0.3) is 0 Å². The Bertz CT molecular complexity index is 408. The number of hydrogen-bond donors (Lipinski definition) is 0. The molecule has 1 rings (SSSR count). The van der Waals surface area contributed by atoms with Crippen molar-refractivity contribution in [1.29, 1.82) is 0 Å². The van der Waals surface area contributed by atoms with Crippen LogP contribution < -0.4 is 4.31 Å². The van der Waals surface area contributed by atoms with E-state index >= 15 is 0 Å². The van der Waals surface area contributed by atoms with Gasteiger partial charge in [-0.2, -0.15) is 0 Å². The van der Waals surface area contributed by atoms with Gasteiger partial charge >= 0.3 is 0 Å². The van der Waals surface area contributed by atoms with Crippen LogP contribution >= 0.6 is 11.6 Å². The van der Waals surface area contributed by atoms with Crippen molar-refractivity contribution in [1.82, 2.24) is 0 Å². The maximum Gasteiger partial charge on any atom is 0.234 e. The van der Waals surface area contributed by atoms with Gasteiger partial charge in [-0.3, -0.25) is 9.00 Å². The molecule has 0 N–H and O–H groups in total. The quantitative estimate of drug-likeness (QED) is 0.748. The first-order valence-corrected chi connectivity index (χ1v) is 5.50. The summed E-state index contributed by atoms with van der Waals surface area (Å²) in [6.07, 6.45) is 0. The lowest BCUT2D eigenvalue weighted by Crippen LogP contribution is -2.30. The van der Waals surface area contributed by atoms with E-state index in [1.165, 1.54) is 13.0 Å². The van der Waals surface area contributed by atoms with E-state index in [2.05, 4.69) is 0 Å². The van der Waals surface area contributed by atoms with E-state index < -0.39 is 17.2 Å². The normalized spacial score (nSPS) is 12.3. The van der Waals surface area contributed by atoms with Crippen molar-refractivity contribution in [2.24, 2.45) is 0 Å². The average Bonchev–Trinajstić information content (AvgIpc) is 2.10. The standard InChI is InChI=1S/C9H10ClNO3S/c1-6-5-8(3-4-9(6)10)11(7(2)12)15(13)14/h3-5H,1-2H3,(H,13,14)/p-1. The highest BCUT2D eigenvalue weighted by molar-refractivity contribution is 7.81. The first kappa shape index (κ1) is 12.2. The molecule has 1 amide bonds. The molecule has 0 aromatic heterocycles. The van der Waals surface area contributed by atoms with Crippen LogP contribution in [0, 0.1) is 6.92 Å². The lowest BCUT2D eigenvalue weighted by atomic mass is 10.2. The van der Waals surface area contributed by atoms with Crippen molar-refractivity contribution < 1.29 is 13.6 Å². The van der Waals surface area contributed by atoms with Gasteiger partial charge < -0.3 is 4.55 Å². The number of amides is 1. The number of benzene rings is 1. The minimum absolute atomic E-state index is 0.290. The molecule has 0 aliphatic carbocycles. The molecule has 1 aromatic carbocycles. The molecule has 1 aromatic rings. The molecule has 0 aliphatic rings. The van der Waals surface area contributed by atoms with Crippen molar-refractivity contribution in [2.75, 3.05) is 4.31 Å². The Morgan fingerprint density at radius 3 is 2.53 bits per heavy atom. The number of anilines is 1. The summed E-state index contributed by atoms with van der Waals surface area (Å²) >= 11 is 3.18. The van der Waals surface area contributed by atoms with Crippen LogP contribution in [0.5, 0.6) is 0 Å². The molecule has 0 aliphatic heterocycles. The third-order valence-electron chi connectivity index (χ3n) is 1.81. The minimum atomic E-state index is -2.61. The highest BCUT2D eigenvalue weighted by Gasteiger charge is 2.12. The number of carbonyl (C=O) groups excluding carboxylic acids is 1. The van der Waals surface area contributed by atoms with Gasteiger partial charge in [-0.05, 0) is 30.7 Å². The van der Waals surface area contributed by atoms with Crippen molar-refractivity contribution >= 4 is 34.5 Å². The summed E-state index contributed by atoms with van der Waals surface area (Å²) < 4.78 is 22.3. The van der Waals surface area contributed by atoms with E-state index in [9.17, 15) is 13.6 Å². The topological polar surface area (TPSA) is 60.4 Å². The molecule has 15 heavy (non-hydrogen) atoms. The molecule has 0 spiro atoms. The van der Waals surface area contributed by atoms with Gasteiger partial charge in [-0.25, -0.2) is 4.31 Å². The third kappa shape index (κ3) is 2.77. The molecular formula is C9H9ClNO3S-. The zero-order valence-corrected chi connectivity index (χ0v) is 9.76. The summed E-state index contributed by atoms with van der Waals surface area (Å²) in [5, 5.41) is 0.527. The molecule has 0 bridgehead atoms. The van der Waals surface area contributed by atoms with E-state index in [1.807, 2.05) is 0 Å². The average molecular weight is 247 g/mol. The van der Waals surface area contributed by atoms with Gasteiger partial charge in [-0.1, -0.05) is 11.6 Å². The Kier molecular flexibility index (Phi) is 3.84. The van der Waals surface area contributed by atoms with Crippen LogP contribution in [0.2, 0.25) is 5.02 Å². The van der Waals surface area contributed by atoms with Crippen LogP contribution in [0.4, 0.5) is 5.69 Å². The Morgan fingerprint density at radius 1 is 1.53 bits per heavy atom. The molecule has 0 radical (unpaired) electrons. The van der Waals surface area contributed by atoms with Gasteiger partial charge in [0.2, 0.25) is 5.91 Å². The molecular weight excluding hydrogens is 238 g/mol. The maximum atomic E-state index is 11.1. The van der Waals surface area contributed by atoms with Gasteiger partial charge in [0, 0.05) is 11.9 Å². The van der Waals surface area contributed by atoms with Crippen molar-refractivity contribution in [2.45, 2.75) is 13.8 Å². The number of rotatable bonds is 2. The van der Waals surface area contributed by atoms with Crippen LogP contribution in [0.3, 0.4) is 0 Å². The maximum absolute atomic E-state index is 11.1. The molecule has 1 unspecified atom stereocenters. The first-order valence-electron chi connectivity index (χ1n) is 4.09. The molecule has 0 fully saturated rings. The predicted octanol–water partition coefficient (Wildman–Crippen LogP) is 1.80. The monoisotopic (exact) mass is 246 g/mol. The second kappa shape index (κ2) is 4.74. The van der Waals surface area contributed by atoms with Crippen LogP contribution in [0.25, 0.3) is 0 Å². The number of hydrogen-bond acceptors (Lipinski definition) is 3. The van der Waals surface area contributed by atoms with Crippen LogP contribution in [0.1, 0.15) is 12.5 Å².